The zero-order valence-electron chi connectivity index (χ0n) is 13.7. The molecule has 8 heteroatoms. The summed E-state index contributed by atoms with van der Waals surface area (Å²) in [6, 6.07) is 3.68. The van der Waals surface area contributed by atoms with Crippen molar-refractivity contribution in [2.75, 3.05) is 4.90 Å². The standard InChI is InChI=1S/C17H15F3N2O3/c1-17(2,3)22(16(24)25)13-7-11(20)15(21-12(13)8-23)14-9(18)5-4-6-10(14)19/h4-8H,1-3H3,(H,24,25). The molecule has 0 fully saturated rings. The maximum absolute atomic E-state index is 14.5. The van der Waals surface area contributed by atoms with Crippen molar-refractivity contribution in [3.8, 4) is 11.3 Å². The highest BCUT2D eigenvalue weighted by Crippen LogP contribution is 2.33. The van der Waals surface area contributed by atoms with E-state index in [1.807, 2.05) is 0 Å². The number of halogens is 3. The number of rotatable bonds is 3. The summed E-state index contributed by atoms with van der Waals surface area (Å²) >= 11 is 0. The minimum absolute atomic E-state index is 0.207. The molecule has 1 amide bonds. The van der Waals surface area contributed by atoms with E-state index in [1.165, 1.54) is 20.8 Å². The van der Waals surface area contributed by atoms with Crippen molar-refractivity contribution in [3.05, 3.63) is 47.4 Å². The van der Waals surface area contributed by atoms with E-state index in [0.717, 1.165) is 29.2 Å². The van der Waals surface area contributed by atoms with E-state index >= 15 is 0 Å². The second-order valence-electron chi connectivity index (χ2n) is 6.23. The minimum Gasteiger partial charge on any atom is -0.465 e. The van der Waals surface area contributed by atoms with Gasteiger partial charge in [-0.2, -0.15) is 0 Å². The average molecular weight is 352 g/mol. The van der Waals surface area contributed by atoms with Crippen molar-refractivity contribution >= 4 is 18.1 Å². The lowest BCUT2D eigenvalue weighted by Gasteiger charge is -2.33. The molecule has 5 nitrogen and oxygen atoms in total. The molecule has 0 aliphatic heterocycles. The van der Waals surface area contributed by atoms with Gasteiger partial charge in [-0.05, 0) is 32.9 Å². The molecule has 0 atom stereocenters. The number of carbonyl (C=O) groups is 2. The van der Waals surface area contributed by atoms with Gasteiger partial charge in [0.1, 0.15) is 23.0 Å². The number of amides is 1. The third-order valence-electron chi connectivity index (χ3n) is 3.40. The van der Waals surface area contributed by atoms with Gasteiger partial charge >= 0.3 is 6.09 Å². The van der Waals surface area contributed by atoms with Crippen LogP contribution in [0.5, 0.6) is 0 Å². The lowest BCUT2D eigenvalue weighted by Crippen LogP contribution is -2.45. The number of carboxylic acid groups (broad SMARTS) is 1. The maximum Gasteiger partial charge on any atom is 0.412 e. The number of hydrogen-bond donors (Lipinski definition) is 1. The van der Waals surface area contributed by atoms with Crippen molar-refractivity contribution in [1.82, 2.24) is 4.98 Å². The zero-order chi connectivity index (χ0) is 18.9. The van der Waals surface area contributed by atoms with Gasteiger partial charge in [-0.25, -0.2) is 22.9 Å². The van der Waals surface area contributed by atoms with Crippen LogP contribution < -0.4 is 4.90 Å². The Bertz CT molecular complexity index is 828. The molecule has 25 heavy (non-hydrogen) atoms. The number of benzene rings is 1. The first-order valence-corrected chi connectivity index (χ1v) is 7.21. The number of hydrogen-bond acceptors (Lipinski definition) is 3. The summed E-state index contributed by atoms with van der Waals surface area (Å²) in [5, 5.41) is 9.39. The van der Waals surface area contributed by atoms with Gasteiger partial charge in [-0.15, -0.1) is 0 Å². The van der Waals surface area contributed by atoms with E-state index in [0.29, 0.717) is 0 Å². The van der Waals surface area contributed by atoms with E-state index in [-0.39, 0.29) is 12.0 Å². The molecular formula is C17H15F3N2O3. The number of anilines is 1. The summed E-state index contributed by atoms with van der Waals surface area (Å²) in [5.74, 6) is -3.26. The lowest BCUT2D eigenvalue weighted by molar-refractivity contribution is 0.111. The Labute approximate surface area is 141 Å². The molecule has 0 radical (unpaired) electrons. The van der Waals surface area contributed by atoms with E-state index in [1.54, 1.807) is 0 Å². The van der Waals surface area contributed by atoms with Gasteiger partial charge in [0.05, 0.1) is 11.3 Å². The normalized spacial score (nSPS) is 11.3. The molecule has 2 rings (SSSR count). The van der Waals surface area contributed by atoms with Crippen molar-refractivity contribution in [1.29, 1.82) is 0 Å². The average Bonchev–Trinajstić information content (AvgIpc) is 2.47. The molecule has 1 N–H and O–H groups in total. The number of carbonyl (C=O) groups excluding carboxylic acids is 1. The topological polar surface area (TPSA) is 70.5 Å². The molecule has 1 aromatic carbocycles. The van der Waals surface area contributed by atoms with E-state index < -0.39 is 46.0 Å². The first-order chi connectivity index (χ1) is 11.6. The van der Waals surface area contributed by atoms with E-state index in [4.69, 9.17) is 0 Å². The molecule has 132 valence electrons. The van der Waals surface area contributed by atoms with Gasteiger partial charge in [0.25, 0.3) is 0 Å². The molecule has 2 aromatic rings. The number of aldehydes is 1. The Morgan fingerprint density at radius 2 is 1.72 bits per heavy atom. The van der Waals surface area contributed by atoms with Crippen LogP contribution in [0.3, 0.4) is 0 Å². The third kappa shape index (κ3) is 3.47. The summed E-state index contributed by atoms with van der Waals surface area (Å²) in [7, 11) is 0. The predicted molar refractivity (Wildman–Crippen MR) is 85.2 cm³/mol. The van der Waals surface area contributed by atoms with Gasteiger partial charge in [0.15, 0.2) is 12.1 Å². The van der Waals surface area contributed by atoms with Gasteiger partial charge in [0, 0.05) is 11.6 Å². The van der Waals surface area contributed by atoms with E-state index in [9.17, 15) is 27.9 Å². The first kappa shape index (κ1) is 18.4. The van der Waals surface area contributed by atoms with Crippen LogP contribution in [0, 0.1) is 17.5 Å². The molecule has 0 spiro atoms. The van der Waals surface area contributed by atoms with Crippen molar-refractivity contribution in [2.45, 2.75) is 26.3 Å². The highest BCUT2D eigenvalue weighted by Gasteiger charge is 2.32. The maximum atomic E-state index is 14.5. The zero-order valence-corrected chi connectivity index (χ0v) is 13.7. The molecule has 0 aliphatic rings. The van der Waals surface area contributed by atoms with Crippen LogP contribution in [0.2, 0.25) is 0 Å². The van der Waals surface area contributed by atoms with Crippen LogP contribution in [-0.2, 0) is 0 Å². The van der Waals surface area contributed by atoms with Crippen LogP contribution in [0.15, 0.2) is 24.3 Å². The minimum atomic E-state index is -1.43. The first-order valence-electron chi connectivity index (χ1n) is 7.21. The van der Waals surface area contributed by atoms with Gasteiger partial charge < -0.3 is 5.11 Å². The Kier molecular flexibility index (Phi) is 4.82. The van der Waals surface area contributed by atoms with Crippen molar-refractivity contribution < 1.29 is 27.9 Å². The summed E-state index contributed by atoms with van der Waals surface area (Å²) in [6.45, 7) is 4.62. The molecule has 0 bridgehead atoms. The van der Waals surface area contributed by atoms with Gasteiger partial charge in [-0.1, -0.05) is 6.07 Å². The summed E-state index contributed by atoms with van der Waals surface area (Å²) < 4.78 is 42.3. The van der Waals surface area contributed by atoms with Crippen LogP contribution in [0.25, 0.3) is 11.3 Å². The fraction of sp³-hybridized carbons (Fsp3) is 0.235. The van der Waals surface area contributed by atoms with Crippen LogP contribution in [0.1, 0.15) is 31.3 Å². The smallest absolute Gasteiger partial charge is 0.412 e. The van der Waals surface area contributed by atoms with E-state index in [2.05, 4.69) is 4.98 Å². The second-order valence-corrected chi connectivity index (χ2v) is 6.23. The molecular weight excluding hydrogens is 337 g/mol. The second kappa shape index (κ2) is 6.54. The highest BCUT2D eigenvalue weighted by atomic mass is 19.1. The molecule has 0 unspecified atom stereocenters. The summed E-state index contributed by atoms with van der Waals surface area (Å²) in [4.78, 5) is 27.3. The van der Waals surface area contributed by atoms with Crippen LogP contribution in [-0.4, -0.2) is 28.0 Å². The largest absolute Gasteiger partial charge is 0.465 e. The van der Waals surface area contributed by atoms with Gasteiger partial charge in [-0.3, -0.25) is 9.69 Å². The van der Waals surface area contributed by atoms with Crippen LogP contribution in [0.4, 0.5) is 23.7 Å². The molecule has 1 heterocycles. The Morgan fingerprint density at radius 3 is 2.16 bits per heavy atom. The number of pyridine rings is 1. The SMILES string of the molecule is CC(C)(C)N(C(=O)O)c1cc(F)c(-c2c(F)cccc2F)nc1C=O. The Hall–Kier alpha value is -2.90. The molecule has 1 aromatic heterocycles. The monoisotopic (exact) mass is 352 g/mol. The fourth-order valence-electron chi connectivity index (χ4n) is 2.41. The predicted octanol–water partition coefficient (Wildman–Crippen LogP) is 4.26. The quantitative estimate of drug-likeness (QED) is 0.838. The fourth-order valence-corrected chi connectivity index (χ4v) is 2.41. The summed E-state index contributed by atoms with van der Waals surface area (Å²) in [6.07, 6.45) is -1.22. The Balaban J connectivity index is 2.76. The third-order valence-corrected chi connectivity index (χ3v) is 3.40. The highest BCUT2D eigenvalue weighted by molar-refractivity contribution is 5.94. The van der Waals surface area contributed by atoms with Crippen molar-refractivity contribution in [3.63, 3.8) is 0 Å². The number of aromatic nitrogens is 1. The molecule has 0 aliphatic carbocycles. The van der Waals surface area contributed by atoms with Gasteiger partial charge in [0.2, 0.25) is 0 Å². The van der Waals surface area contributed by atoms with Crippen molar-refractivity contribution in [2.24, 2.45) is 0 Å². The lowest BCUT2D eigenvalue weighted by atomic mass is 10.0. The molecule has 0 saturated heterocycles. The number of nitrogens with zero attached hydrogens (tertiary/aromatic N) is 2. The molecule has 0 saturated carbocycles. The van der Waals surface area contributed by atoms with Crippen LogP contribution >= 0.6 is 0 Å². The summed E-state index contributed by atoms with van der Waals surface area (Å²) in [5.41, 5.74) is -3.21. The Morgan fingerprint density at radius 1 is 1.16 bits per heavy atom.